The molecule has 0 amide bonds. The van der Waals surface area contributed by atoms with Crippen LogP contribution >= 0.6 is 0 Å². The summed E-state index contributed by atoms with van der Waals surface area (Å²) in [7, 11) is 3.00. The Balaban J connectivity index is 3.04. The molecule has 0 saturated heterocycles. The minimum atomic E-state index is -0.721. The topological polar surface area (TPSA) is 77.6 Å². The van der Waals surface area contributed by atoms with E-state index >= 15 is 0 Å². The van der Waals surface area contributed by atoms with Gasteiger partial charge in [-0.2, -0.15) is 4.98 Å². The second kappa shape index (κ2) is 4.78. The van der Waals surface area contributed by atoms with E-state index in [4.69, 9.17) is 15.2 Å². The first kappa shape index (κ1) is 10.7. The SMILES string of the molecule is COc1cc(C(O)CN)cc(OC)n1. The van der Waals surface area contributed by atoms with Crippen LogP contribution in [0.15, 0.2) is 12.1 Å². The van der Waals surface area contributed by atoms with Gasteiger partial charge in [-0.25, -0.2) is 0 Å². The first-order chi connectivity index (χ1) is 6.71. The number of nitrogens with zero attached hydrogens (tertiary/aromatic N) is 1. The van der Waals surface area contributed by atoms with E-state index in [1.807, 2.05) is 0 Å². The Labute approximate surface area is 82.5 Å². The normalized spacial score (nSPS) is 12.3. The molecule has 1 unspecified atom stereocenters. The van der Waals surface area contributed by atoms with Gasteiger partial charge in [0, 0.05) is 18.7 Å². The second-order valence-electron chi connectivity index (χ2n) is 2.74. The number of aromatic nitrogens is 1. The molecule has 3 N–H and O–H groups in total. The molecule has 0 aliphatic carbocycles. The summed E-state index contributed by atoms with van der Waals surface area (Å²) in [5, 5.41) is 9.51. The zero-order valence-corrected chi connectivity index (χ0v) is 8.23. The lowest BCUT2D eigenvalue weighted by atomic mass is 10.1. The van der Waals surface area contributed by atoms with Gasteiger partial charge < -0.3 is 20.3 Å². The Morgan fingerprint density at radius 3 is 2.21 bits per heavy atom. The second-order valence-corrected chi connectivity index (χ2v) is 2.74. The summed E-state index contributed by atoms with van der Waals surface area (Å²) in [6.07, 6.45) is -0.721. The number of hydrogen-bond acceptors (Lipinski definition) is 5. The Hall–Kier alpha value is -1.33. The molecule has 0 fully saturated rings. The van der Waals surface area contributed by atoms with Crippen LogP contribution in [-0.4, -0.2) is 30.9 Å². The van der Waals surface area contributed by atoms with Crippen molar-refractivity contribution in [3.05, 3.63) is 17.7 Å². The quantitative estimate of drug-likeness (QED) is 0.717. The largest absolute Gasteiger partial charge is 0.481 e. The molecule has 0 radical (unpaired) electrons. The maximum atomic E-state index is 9.51. The van der Waals surface area contributed by atoms with Crippen molar-refractivity contribution < 1.29 is 14.6 Å². The smallest absolute Gasteiger partial charge is 0.216 e. The van der Waals surface area contributed by atoms with Gasteiger partial charge in [0.15, 0.2) is 0 Å². The number of pyridine rings is 1. The molecule has 0 spiro atoms. The standard InChI is InChI=1S/C9H14N2O3/c1-13-8-3-6(7(12)5-10)4-9(11-8)14-2/h3-4,7,12H,5,10H2,1-2H3. The van der Waals surface area contributed by atoms with Crippen molar-refractivity contribution in [1.82, 2.24) is 4.98 Å². The molecule has 5 heteroatoms. The van der Waals surface area contributed by atoms with Gasteiger partial charge in [-0.3, -0.25) is 0 Å². The predicted molar refractivity (Wildman–Crippen MR) is 51.4 cm³/mol. The van der Waals surface area contributed by atoms with Crippen molar-refractivity contribution in [2.24, 2.45) is 5.73 Å². The van der Waals surface area contributed by atoms with Gasteiger partial charge in [-0.15, -0.1) is 0 Å². The number of aliphatic hydroxyl groups excluding tert-OH is 1. The van der Waals surface area contributed by atoms with Gasteiger partial charge in [0.25, 0.3) is 0 Å². The number of ether oxygens (including phenoxy) is 2. The van der Waals surface area contributed by atoms with E-state index in [0.29, 0.717) is 17.3 Å². The fraction of sp³-hybridized carbons (Fsp3) is 0.444. The molecule has 1 heterocycles. The van der Waals surface area contributed by atoms with E-state index in [1.165, 1.54) is 14.2 Å². The molecular formula is C9H14N2O3. The highest BCUT2D eigenvalue weighted by Crippen LogP contribution is 2.21. The van der Waals surface area contributed by atoms with Gasteiger partial charge >= 0.3 is 0 Å². The minimum absolute atomic E-state index is 0.149. The third-order valence-corrected chi connectivity index (χ3v) is 1.83. The molecule has 0 aliphatic rings. The number of methoxy groups -OCH3 is 2. The zero-order chi connectivity index (χ0) is 10.6. The Bertz CT molecular complexity index is 282. The summed E-state index contributed by atoms with van der Waals surface area (Å²) in [5.74, 6) is 0.790. The highest BCUT2D eigenvalue weighted by atomic mass is 16.5. The predicted octanol–water partition coefficient (Wildman–Crippen LogP) is 0.0909. The molecule has 78 valence electrons. The first-order valence-electron chi connectivity index (χ1n) is 4.19. The van der Waals surface area contributed by atoms with E-state index in [0.717, 1.165) is 0 Å². The molecule has 1 aromatic heterocycles. The third kappa shape index (κ3) is 2.34. The highest BCUT2D eigenvalue weighted by Gasteiger charge is 2.09. The summed E-state index contributed by atoms with van der Waals surface area (Å²) < 4.78 is 9.90. The van der Waals surface area contributed by atoms with Gasteiger partial charge in [-0.1, -0.05) is 0 Å². The van der Waals surface area contributed by atoms with E-state index in [1.54, 1.807) is 12.1 Å². The summed E-state index contributed by atoms with van der Waals surface area (Å²) in [6.45, 7) is 0.149. The number of nitrogens with two attached hydrogens (primary N) is 1. The molecule has 1 rings (SSSR count). The van der Waals surface area contributed by atoms with Gasteiger partial charge in [-0.05, 0) is 5.56 Å². The Morgan fingerprint density at radius 2 is 1.86 bits per heavy atom. The van der Waals surface area contributed by atoms with Crippen molar-refractivity contribution >= 4 is 0 Å². The van der Waals surface area contributed by atoms with Crippen LogP contribution in [0.25, 0.3) is 0 Å². The molecule has 14 heavy (non-hydrogen) atoms. The highest BCUT2D eigenvalue weighted by molar-refractivity contribution is 5.30. The van der Waals surface area contributed by atoms with Gasteiger partial charge in [0.2, 0.25) is 11.8 Å². The van der Waals surface area contributed by atoms with Crippen molar-refractivity contribution in [2.75, 3.05) is 20.8 Å². The summed E-state index contributed by atoms with van der Waals surface area (Å²) in [6, 6.07) is 3.25. The van der Waals surface area contributed by atoms with Crippen LogP contribution in [0.2, 0.25) is 0 Å². The summed E-state index contributed by atoms with van der Waals surface area (Å²) in [4.78, 5) is 3.99. The first-order valence-corrected chi connectivity index (χ1v) is 4.19. The lowest BCUT2D eigenvalue weighted by Crippen LogP contribution is -2.12. The number of hydrogen-bond donors (Lipinski definition) is 2. The van der Waals surface area contributed by atoms with E-state index in [-0.39, 0.29) is 6.54 Å². The molecule has 0 bridgehead atoms. The molecule has 5 nitrogen and oxygen atoms in total. The van der Waals surface area contributed by atoms with Crippen LogP contribution in [0.1, 0.15) is 11.7 Å². The average molecular weight is 198 g/mol. The average Bonchev–Trinajstić information content (AvgIpc) is 2.27. The van der Waals surface area contributed by atoms with Crippen molar-refractivity contribution in [2.45, 2.75) is 6.10 Å². The molecule has 0 aromatic carbocycles. The van der Waals surface area contributed by atoms with Crippen LogP contribution < -0.4 is 15.2 Å². The maximum absolute atomic E-state index is 9.51. The van der Waals surface area contributed by atoms with E-state index in [9.17, 15) is 5.11 Å². The molecule has 0 aliphatic heterocycles. The van der Waals surface area contributed by atoms with Crippen LogP contribution in [0, 0.1) is 0 Å². The summed E-state index contributed by atoms with van der Waals surface area (Å²) >= 11 is 0. The van der Waals surface area contributed by atoms with Crippen LogP contribution in [0.5, 0.6) is 11.8 Å². The minimum Gasteiger partial charge on any atom is -0.481 e. The number of aliphatic hydroxyl groups is 1. The Morgan fingerprint density at radius 1 is 1.36 bits per heavy atom. The van der Waals surface area contributed by atoms with Gasteiger partial charge in [0.1, 0.15) is 0 Å². The van der Waals surface area contributed by atoms with E-state index in [2.05, 4.69) is 4.98 Å². The van der Waals surface area contributed by atoms with Crippen LogP contribution in [-0.2, 0) is 0 Å². The molecular weight excluding hydrogens is 184 g/mol. The number of rotatable bonds is 4. The lowest BCUT2D eigenvalue weighted by Gasteiger charge is -2.10. The summed E-state index contributed by atoms with van der Waals surface area (Å²) in [5.41, 5.74) is 5.97. The molecule has 1 atom stereocenters. The fourth-order valence-electron chi connectivity index (χ4n) is 1.04. The van der Waals surface area contributed by atoms with Crippen molar-refractivity contribution in [1.29, 1.82) is 0 Å². The van der Waals surface area contributed by atoms with Crippen LogP contribution in [0.3, 0.4) is 0 Å². The van der Waals surface area contributed by atoms with Crippen molar-refractivity contribution in [3.63, 3.8) is 0 Å². The molecule has 0 saturated carbocycles. The molecule has 1 aromatic rings. The monoisotopic (exact) mass is 198 g/mol. The van der Waals surface area contributed by atoms with Crippen molar-refractivity contribution in [3.8, 4) is 11.8 Å². The lowest BCUT2D eigenvalue weighted by molar-refractivity contribution is 0.185. The fourth-order valence-corrected chi connectivity index (χ4v) is 1.04. The maximum Gasteiger partial charge on any atom is 0.216 e. The van der Waals surface area contributed by atoms with E-state index < -0.39 is 6.10 Å². The third-order valence-electron chi connectivity index (χ3n) is 1.83. The Kier molecular flexibility index (Phi) is 3.67. The van der Waals surface area contributed by atoms with Crippen LogP contribution in [0.4, 0.5) is 0 Å². The zero-order valence-electron chi connectivity index (χ0n) is 8.23. The van der Waals surface area contributed by atoms with Gasteiger partial charge in [0.05, 0.1) is 20.3 Å².